The van der Waals surface area contributed by atoms with Gasteiger partial charge in [0.1, 0.15) is 0 Å². The molecule has 35 heavy (non-hydrogen) atoms. The van der Waals surface area contributed by atoms with E-state index >= 15 is 0 Å². The van der Waals surface area contributed by atoms with E-state index < -0.39 is 34.6 Å². The van der Waals surface area contributed by atoms with Crippen molar-refractivity contribution in [1.29, 1.82) is 0 Å². The van der Waals surface area contributed by atoms with E-state index in [-0.39, 0.29) is 22.5 Å². The zero-order valence-corrected chi connectivity index (χ0v) is 20.6. The zero-order chi connectivity index (χ0) is 25.1. The lowest BCUT2D eigenvalue weighted by Crippen LogP contribution is -2.75. The Kier molecular flexibility index (Phi) is 4.40. The molecule has 0 saturated carbocycles. The van der Waals surface area contributed by atoms with Crippen LogP contribution in [0.5, 0.6) is 0 Å². The summed E-state index contributed by atoms with van der Waals surface area (Å²) in [6, 6.07) is 9.68. The van der Waals surface area contributed by atoms with E-state index in [0.717, 1.165) is 4.90 Å². The van der Waals surface area contributed by atoms with Gasteiger partial charge in [-0.3, -0.25) is 24.2 Å². The number of fused-ring (bicyclic) bond motifs is 10. The largest absolute Gasteiger partial charge is 0.359 e. The van der Waals surface area contributed by atoms with Crippen LogP contribution in [0.25, 0.3) is 10.9 Å². The summed E-state index contributed by atoms with van der Waals surface area (Å²) in [5.74, 6) is -1.83. The first-order valence-corrected chi connectivity index (χ1v) is 11.4. The average molecular weight is 516 g/mol. The molecule has 6 rings (SSSR count). The lowest BCUT2D eigenvalue weighted by Gasteiger charge is -2.55. The molecular formula is C24H19Cl2N3O6. The second-order valence-corrected chi connectivity index (χ2v) is 9.51. The molecule has 1 saturated heterocycles. The Balaban J connectivity index is 1.90. The molecule has 3 atom stereocenters. The van der Waals surface area contributed by atoms with Crippen molar-refractivity contribution in [2.75, 3.05) is 33.3 Å². The number of hydrogen-bond donors (Lipinski definition) is 1. The number of likely N-dealkylation sites (tertiary alicyclic amines) is 1. The Labute approximate surface area is 209 Å². The van der Waals surface area contributed by atoms with E-state index in [1.807, 2.05) is 0 Å². The van der Waals surface area contributed by atoms with Gasteiger partial charge in [-0.15, -0.1) is 0 Å². The number of benzene rings is 2. The van der Waals surface area contributed by atoms with Gasteiger partial charge in [-0.05, 0) is 30.3 Å². The summed E-state index contributed by atoms with van der Waals surface area (Å²) in [5, 5.41) is 1.28. The van der Waals surface area contributed by atoms with Crippen LogP contribution in [0.1, 0.15) is 21.6 Å². The Hall–Kier alpha value is -2.95. The van der Waals surface area contributed by atoms with Crippen LogP contribution in [0.2, 0.25) is 10.0 Å². The molecule has 0 bridgehead atoms. The Bertz CT molecular complexity index is 1500. The van der Waals surface area contributed by atoms with Crippen LogP contribution in [0, 0.1) is 0 Å². The highest BCUT2D eigenvalue weighted by Gasteiger charge is 2.83. The summed E-state index contributed by atoms with van der Waals surface area (Å²) in [4.78, 5) is 47.7. The normalized spacial score (nSPS) is 29.0. The van der Waals surface area contributed by atoms with Gasteiger partial charge in [0, 0.05) is 60.5 Å². The maximum Gasteiger partial charge on any atom is 0.286 e. The first kappa shape index (κ1) is 22.5. The van der Waals surface area contributed by atoms with E-state index in [2.05, 4.69) is 4.98 Å². The molecule has 0 radical (unpaired) electrons. The molecule has 1 N–H and O–H groups in total. The molecule has 3 unspecified atom stereocenters. The first-order chi connectivity index (χ1) is 16.7. The van der Waals surface area contributed by atoms with Gasteiger partial charge in [0.25, 0.3) is 23.3 Å². The van der Waals surface area contributed by atoms with Gasteiger partial charge >= 0.3 is 0 Å². The summed E-state index contributed by atoms with van der Waals surface area (Å²) in [7, 11) is 5.32. The van der Waals surface area contributed by atoms with Gasteiger partial charge in [-0.25, -0.2) is 0 Å². The van der Waals surface area contributed by atoms with Crippen molar-refractivity contribution < 1.29 is 28.6 Å². The van der Waals surface area contributed by atoms with Crippen LogP contribution < -0.4 is 4.90 Å². The lowest BCUT2D eigenvalue weighted by molar-refractivity contribution is -0.203. The number of rotatable bonds is 3. The number of aromatic nitrogens is 1. The van der Waals surface area contributed by atoms with Gasteiger partial charge in [0.2, 0.25) is 11.4 Å². The maximum atomic E-state index is 14.1. The highest BCUT2D eigenvalue weighted by molar-refractivity contribution is 6.32. The van der Waals surface area contributed by atoms with Crippen molar-refractivity contribution in [3.8, 4) is 0 Å². The van der Waals surface area contributed by atoms with Crippen molar-refractivity contribution in [3.05, 3.63) is 63.3 Å². The monoisotopic (exact) mass is 515 g/mol. The molecule has 0 aliphatic carbocycles. The number of imide groups is 1. The quantitative estimate of drug-likeness (QED) is 0.534. The van der Waals surface area contributed by atoms with E-state index in [4.69, 9.17) is 37.4 Å². The molecule has 180 valence electrons. The fourth-order valence-electron chi connectivity index (χ4n) is 6.06. The van der Waals surface area contributed by atoms with Crippen molar-refractivity contribution in [2.24, 2.45) is 0 Å². The standard InChI is InChI=1S/C24H19Cl2N3O6/c1-28-20(31)22(33-2)17-13-7-5-11(25)9-15(13)27-18(17)23(34-3)19(30)14-8-6-12(26)10-16(14)29(23)24(22,35-4)21(28)32/h5-10,27H,1-4H3. The third-order valence-corrected chi connectivity index (χ3v) is 7.88. The average Bonchev–Trinajstić information content (AvgIpc) is 3.40. The van der Waals surface area contributed by atoms with Gasteiger partial charge in [0.05, 0.1) is 11.4 Å². The van der Waals surface area contributed by atoms with Crippen LogP contribution in [0.3, 0.4) is 0 Å². The second-order valence-electron chi connectivity index (χ2n) is 8.64. The number of ether oxygens (including phenoxy) is 3. The number of Topliss-reactive ketones (excluding diaryl/α,β-unsaturated/α-hetero) is 1. The van der Waals surface area contributed by atoms with Crippen LogP contribution in [-0.4, -0.2) is 61.6 Å². The summed E-state index contributed by atoms with van der Waals surface area (Å²) in [6.07, 6.45) is 0. The molecule has 3 aromatic rings. The molecule has 9 nitrogen and oxygen atoms in total. The van der Waals surface area contributed by atoms with Gasteiger partial charge in [-0.1, -0.05) is 29.3 Å². The van der Waals surface area contributed by atoms with Crippen LogP contribution in [0.15, 0.2) is 36.4 Å². The number of nitrogens with zero attached hydrogens (tertiary/aromatic N) is 2. The number of H-pyrrole nitrogens is 1. The van der Waals surface area contributed by atoms with Gasteiger partial charge in [-0.2, -0.15) is 0 Å². The number of methoxy groups -OCH3 is 3. The SMILES string of the molecule is COC12C(=O)c3ccc(Cl)cc3N1C1(OC)C(=O)N(C)C(=O)C1(OC)c1c2[nH]c2cc(Cl)ccc12. The molecule has 4 heterocycles. The smallest absolute Gasteiger partial charge is 0.286 e. The number of likely N-dealkylation sites (N-methyl/N-ethyl adjacent to an activating group) is 1. The number of aromatic amines is 1. The summed E-state index contributed by atoms with van der Waals surface area (Å²) < 4.78 is 18.0. The predicted octanol–water partition coefficient (Wildman–Crippen LogP) is 3.17. The fourth-order valence-corrected chi connectivity index (χ4v) is 6.40. The molecule has 2 amide bonds. The Morgan fingerprint density at radius 1 is 0.886 bits per heavy atom. The van der Waals surface area contributed by atoms with Crippen molar-refractivity contribution >= 4 is 57.4 Å². The van der Waals surface area contributed by atoms with E-state index in [0.29, 0.717) is 20.9 Å². The summed E-state index contributed by atoms with van der Waals surface area (Å²) in [6.45, 7) is 0. The minimum absolute atomic E-state index is 0.237. The minimum atomic E-state index is -2.14. The topological polar surface area (TPSA) is 101 Å². The van der Waals surface area contributed by atoms with E-state index in [1.54, 1.807) is 30.3 Å². The lowest BCUT2D eigenvalue weighted by atomic mass is 9.74. The molecule has 2 aromatic carbocycles. The minimum Gasteiger partial charge on any atom is -0.359 e. The van der Waals surface area contributed by atoms with E-state index in [1.165, 1.54) is 39.3 Å². The molecule has 3 aliphatic heterocycles. The molecule has 11 heteroatoms. The molecule has 1 fully saturated rings. The predicted molar refractivity (Wildman–Crippen MR) is 126 cm³/mol. The fraction of sp³-hybridized carbons (Fsp3) is 0.292. The maximum absolute atomic E-state index is 14.1. The number of halogens is 2. The number of carbonyl (C=O) groups excluding carboxylic acids is 3. The Morgan fingerprint density at radius 3 is 2.23 bits per heavy atom. The number of amides is 2. The van der Waals surface area contributed by atoms with Crippen molar-refractivity contribution in [1.82, 2.24) is 9.88 Å². The first-order valence-electron chi connectivity index (χ1n) is 10.6. The van der Waals surface area contributed by atoms with Crippen molar-refractivity contribution in [2.45, 2.75) is 17.1 Å². The van der Waals surface area contributed by atoms with Crippen LogP contribution in [-0.2, 0) is 35.1 Å². The van der Waals surface area contributed by atoms with Gasteiger partial charge in [0.15, 0.2) is 0 Å². The zero-order valence-electron chi connectivity index (χ0n) is 19.1. The number of hydrogen-bond acceptors (Lipinski definition) is 7. The number of nitrogens with one attached hydrogen (secondary N) is 1. The number of ketones is 1. The van der Waals surface area contributed by atoms with Gasteiger partial charge < -0.3 is 19.2 Å². The summed E-state index contributed by atoms with van der Waals surface area (Å²) >= 11 is 12.6. The van der Waals surface area contributed by atoms with Crippen LogP contribution >= 0.6 is 23.2 Å². The van der Waals surface area contributed by atoms with Crippen molar-refractivity contribution in [3.63, 3.8) is 0 Å². The van der Waals surface area contributed by atoms with Crippen LogP contribution in [0.4, 0.5) is 5.69 Å². The molecular weight excluding hydrogens is 497 g/mol. The summed E-state index contributed by atoms with van der Waals surface area (Å²) in [5.41, 5.74) is -4.49. The highest BCUT2D eigenvalue weighted by atomic mass is 35.5. The van der Waals surface area contributed by atoms with E-state index in [9.17, 15) is 14.4 Å². The Morgan fingerprint density at radius 2 is 1.57 bits per heavy atom. The third kappa shape index (κ3) is 2.12. The number of anilines is 1. The number of carbonyl (C=O) groups is 3. The highest BCUT2D eigenvalue weighted by Crippen LogP contribution is 2.64. The molecule has 3 aliphatic rings. The molecule has 1 aromatic heterocycles. The third-order valence-electron chi connectivity index (χ3n) is 7.41. The second kappa shape index (κ2) is 6.83. The molecule has 0 spiro atoms.